The van der Waals surface area contributed by atoms with Crippen LogP contribution in [0.1, 0.15) is 30.1 Å². The molecule has 1 aliphatic rings. The maximum absolute atomic E-state index is 12.5. The molecule has 0 aliphatic carbocycles. The van der Waals surface area contributed by atoms with Crippen molar-refractivity contribution in [1.29, 1.82) is 0 Å². The molecule has 0 unspecified atom stereocenters. The van der Waals surface area contributed by atoms with Gasteiger partial charge in [-0.2, -0.15) is 17.0 Å². The number of rotatable bonds is 6. The van der Waals surface area contributed by atoms with Crippen molar-refractivity contribution in [3.05, 3.63) is 29.8 Å². The molecule has 0 atom stereocenters. The van der Waals surface area contributed by atoms with Crippen molar-refractivity contribution in [2.24, 2.45) is 5.92 Å². The molecule has 1 heterocycles. The van der Waals surface area contributed by atoms with Crippen LogP contribution in [0.4, 0.5) is 5.69 Å². The third-order valence-electron chi connectivity index (χ3n) is 4.29. The molecule has 8 nitrogen and oxygen atoms in total. The summed E-state index contributed by atoms with van der Waals surface area (Å²) in [5.41, 5.74) is 0.703. The Kier molecular flexibility index (Phi) is 6.74. The lowest BCUT2D eigenvalue weighted by molar-refractivity contribution is -0.120. The van der Waals surface area contributed by atoms with Crippen LogP contribution in [0.5, 0.6) is 0 Å². The monoisotopic (exact) mass is 383 g/mol. The van der Waals surface area contributed by atoms with Crippen LogP contribution in [-0.2, 0) is 19.7 Å². The van der Waals surface area contributed by atoms with Gasteiger partial charge in [-0.05, 0) is 31.9 Å². The van der Waals surface area contributed by atoms with E-state index in [1.54, 1.807) is 31.2 Å². The fourth-order valence-corrected chi connectivity index (χ4v) is 3.93. The Morgan fingerprint density at radius 2 is 1.85 bits per heavy atom. The minimum atomic E-state index is -3.46. The molecule has 0 aromatic heterocycles. The van der Waals surface area contributed by atoms with E-state index < -0.39 is 16.2 Å². The van der Waals surface area contributed by atoms with Crippen LogP contribution in [-0.4, -0.2) is 62.7 Å². The molecule has 0 saturated carbocycles. The van der Waals surface area contributed by atoms with E-state index in [0.717, 1.165) is 0 Å². The van der Waals surface area contributed by atoms with Crippen LogP contribution in [0, 0.1) is 5.92 Å². The minimum Gasteiger partial charge on any atom is -0.462 e. The van der Waals surface area contributed by atoms with Crippen LogP contribution in [0.25, 0.3) is 0 Å². The van der Waals surface area contributed by atoms with E-state index >= 15 is 0 Å². The van der Waals surface area contributed by atoms with Gasteiger partial charge in [0.2, 0.25) is 5.91 Å². The Balaban J connectivity index is 2.01. The van der Waals surface area contributed by atoms with Crippen molar-refractivity contribution in [2.75, 3.05) is 39.1 Å². The third kappa shape index (κ3) is 4.60. The first-order valence-electron chi connectivity index (χ1n) is 8.52. The minimum absolute atomic E-state index is 0.219. The summed E-state index contributed by atoms with van der Waals surface area (Å²) in [6.45, 7) is 2.55. The number of amides is 1. The number of esters is 1. The third-order valence-corrected chi connectivity index (χ3v) is 6.23. The molecular weight excluding hydrogens is 358 g/mol. The highest BCUT2D eigenvalue weighted by molar-refractivity contribution is 7.86. The van der Waals surface area contributed by atoms with Gasteiger partial charge in [0.1, 0.15) is 0 Å². The van der Waals surface area contributed by atoms with E-state index in [2.05, 4.69) is 5.32 Å². The van der Waals surface area contributed by atoms with Crippen LogP contribution in [0.3, 0.4) is 0 Å². The molecule has 1 aliphatic heterocycles. The summed E-state index contributed by atoms with van der Waals surface area (Å²) in [6, 6.07) is 6.67. The maximum Gasteiger partial charge on any atom is 0.340 e. The molecule has 1 amide bonds. The number of piperidine rings is 1. The smallest absolute Gasteiger partial charge is 0.340 e. The van der Waals surface area contributed by atoms with Crippen molar-refractivity contribution >= 4 is 27.8 Å². The Morgan fingerprint density at radius 3 is 2.42 bits per heavy atom. The molecular formula is C17H25N3O5S. The molecule has 1 fully saturated rings. The number of carbonyl (C=O) groups is 2. The highest BCUT2D eigenvalue weighted by Crippen LogP contribution is 2.23. The molecule has 1 aromatic carbocycles. The summed E-state index contributed by atoms with van der Waals surface area (Å²) in [5, 5.41) is 2.78. The molecule has 1 N–H and O–H groups in total. The number of carbonyl (C=O) groups excluding carboxylic acids is 2. The van der Waals surface area contributed by atoms with Gasteiger partial charge in [0, 0.05) is 33.1 Å². The van der Waals surface area contributed by atoms with Gasteiger partial charge in [0.25, 0.3) is 10.2 Å². The zero-order valence-electron chi connectivity index (χ0n) is 15.3. The number of anilines is 1. The standard InChI is InChI=1S/C17H25N3O5S/c1-4-25-17(22)14-7-5-6-8-15(14)18-16(21)13-9-11-20(12-10-13)26(23,24)19(2)3/h5-8,13H,4,9-12H2,1-3H3,(H,18,21). The predicted molar refractivity (Wildman–Crippen MR) is 97.9 cm³/mol. The van der Waals surface area contributed by atoms with E-state index in [4.69, 9.17) is 4.74 Å². The molecule has 9 heteroatoms. The van der Waals surface area contributed by atoms with Gasteiger partial charge in [0.15, 0.2) is 0 Å². The first-order chi connectivity index (χ1) is 12.3. The zero-order chi connectivity index (χ0) is 19.3. The van der Waals surface area contributed by atoms with Gasteiger partial charge in [-0.3, -0.25) is 4.79 Å². The molecule has 0 radical (unpaired) electrons. The normalized spacial score (nSPS) is 16.5. The summed E-state index contributed by atoms with van der Waals surface area (Å²) in [7, 11) is -0.485. The average molecular weight is 383 g/mol. The van der Waals surface area contributed by atoms with Gasteiger partial charge in [-0.15, -0.1) is 0 Å². The Hall–Kier alpha value is -1.97. The van der Waals surface area contributed by atoms with Crippen LogP contribution >= 0.6 is 0 Å². The van der Waals surface area contributed by atoms with E-state index in [1.165, 1.54) is 22.7 Å². The van der Waals surface area contributed by atoms with Crippen LogP contribution in [0.2, 0.25) is 0 Å². The topological polar surface area (TPSA) is 96.0 Å². The van der Waals surface area contributed by atoms with Crippen LogP contribution < -0.4 is 5.32 Å². The summed E-state index contributed by atoms with van der Waals surface area (Å²) in [6.07, 6.45) is 0.862. The quantitative estimate of drug-likeness (QED) is 0.748. The summed E-state index contributed by atoms with van der Waals surface area (Å²) in [4.78, 5) is 24.5. The molecule has 144 valence electrons. The van der Waals surface area contributed by atoms with Crippen LogP contribution in [0.15, 0.2) is 24.3 Å². The average Bonchev–Trinajstić information content (AvgIpc) is 2.62. The van der Waals surface area contributed by atoms with Gasteiger partial charge in [0.05, 0.1) is 17.9 Å². The number of nitrogens with zero attached hydrogens (tertiary/aromatic N) is 2. The summed E-state index contributed by atoms with van der Waals surface area (Å²) in [5.74, 6) is -1.02. The Morgan fingerprint density at radius 1 is 1.23 bits per heavy atom. The number of hydrogen-bond donors (Lipinski definition) is 1. The Labute approximate surface area is 154 Å². The maximum atomic E-state index is 12.5. The lowest BCUT2D eigenvalue weighted by Gasteiger charge is -2.32. The number of benzene rings is 1. The summed E-state index contributed by atoms with van der Waals surface area (Å²) < 4.78 is 31.8. The van der Waals surface area contributed by atoms with Gasteiger partial charge in [-0.1, -0.05) is 12.1 Å². The van der Waals surface area contributed by atoms with Gasteiger partial charge >= 0.3 is 5.97 Å². The lowest BCUT2D eigenvalue weighted by atomic mass is 9.97. The Bertz CT molecular complexity index is 755. The van der Waals surface area contributed by atoms with Crippen molar-refractivity contribution in [1.82, 2.24) is 8.61 Å². The number of nitrogens with one attached hydrogen (secondary N) is 1. The number of hydrogen-bond acceptors (Lipinski definition) is 5. The second-order valence-electron chi connectivity index (χ2n) is 6.22. The highest BCUT2D eigenvalue weighted by Gasteiger charge is 2.32. The molecule has 1 aromatic rings. The number of ether oxygens (including phenoxy) is 1. The second-order valence-corrected chi connectivity index (χ2v) is 8.36. The van der Waals surface area contributed by atoms with Crippen molar-refractivity contribution in [3.8, 4) is 0 Å². The zero-order valence-corrected chi connectivity index (χ0v) is 16.1. The van der Waals surface area contributed by atoms with E-state index in [9.17, 15) is 18.0 Å². The van der Waals surface area contributed by atoms with Crippen molar-refractivity contribution < 1.29 is 22.7 Å². The first kappa shape index (κ1) is 20.3. The highest BCUT2D eigenvalue weighted by atomic mass is 32.2. The molecule has 0 bridgehead atoms. The van der Waals surface area contributed by atoms with E-state index in [0.29, 0.717) is 24.1 Å². The largest absolute Gasteiger partial charge is 0.462 e. The number of para-hydroxylation sites is 1. The fraction of sp³-hybridized carbons (Fsp3) is 0.529. The first-order valence-corrected chi connectivity index (χ1v) is 9.91. The SMILES string of the molecule is CCOC(=O)c1ccccc1NC(=O)C1CCN(S(=O)(=O)N(C)C)CC1. The van der Waals surface area contributed by atoms with Gasteiger partial charge in [-0.25, -0.2) is 4.79 Å². The second kappa shape index (κ2) is 8.61. The molecule has 26 heavy (non-hydrogen) atoms. The van der Waals surface area contributed by atoms with E-state index in [1.807, 2.05) is 0 Å². The fourth-order valence-electron chi connectivity index (χ4n) is 2.79. The van der Waals surface area contributed by atoms with Gasteiger partial charge < -0.3 is 10.1 Å². The van der Waals surface area contributed by atoms with Crippen molar-refractivity contribution in [2.45, 2.75) is 19.8 Å². The lowest BCUT2D eigenvalue weighted by Crippen LogP contribution is -2.46. The molecule has 1 saturated heterocycles. The molecule has 0 spiro atoms. The predicted octanol–water partition coefficient (Wildman–Crippen LogP) is 1.32. The van der Waals surface area contributed by atoms with Crippen molar-refractivity contribution in [3.63, 3.8) is 0 Å². The van der Waals surface area contributed by atoms with E-state index in [-0.39, 0.29) is 31.5 Å². The summed E-state index contributed by atoms with van der Waals surface area (Å²) >= 11 is 0. The molecule has 2 rings (SSSR count).